The first-order valence-electron chi connectivity index (χ1n) is 6.62. The van der Waals surface area contributed by atoms with Crippen molar-refractivity contribution >= 4 is 33.8 Å². The minimum absolute atomic E-state index is 1.82. The number of hydrogen-bond acceptors (Lipinski definition) is 3. The quantitative estimate of drug-likeness (QED) is 0.619. The van der Waals surface area contributed by atoms with Crippen LogP contribution in [-0.4, -0.2) is 33.8 Å². The Bertz CT molecular complexity index is 306. The molecule has 0 aromatic heterocycles. The molecule has 7 heteroatoms. The van der Waals surface area contributed by atoms with Crippen molar-refractivity contribution in [1.82, 2.24) is 0 Å². The van der Waals surface area contributed by atoms with Gasteiger partial charge in [0.2, 0.25) is 0 Å². The van der Waals surface area contributed by atoms with Crippen LogP contribution in [0, 0.1) is 0 Å². The summed E-state index contributed by atoms with van der Waals surface area (Å²) in [5.74, 6) is 0. The van der Waals surface area contributed by atoms with E-state index in [9.17, 15) is 0 Å². The van der Waals surface area contributed by atoms with E-state index >= 15 is 0 Å². The molecule has 0 spiro atoms. The van der Waals surface area contributed by atoms with Crippen LogP contribution in [0.4, 0.5) is 0 Å². The summed E-state index contributed by atoms with van der Waals surface area (Å²) in [5.41, 5.74) is 3.89. The molecule has 0 saturated heterocycles. The molecule has 0 heterocycles. The molecule has 112 valence electrons. The zero-order chi connectivity index (χ0) is 15.5. The zero-order valence-corrected chi connectivity index (χ0v) is 17.8. The van der Waals surface area contributed by atoms with Gasteiger partial charge in [-0.15, -0.1) is 13.2 Å². The lowest BCUT2D eigenvalue weighted by Gasteiger charge is -2.39. The van der Waals surface area contributed by atoms with Gasteiger partial charge in [-0.05, 0) is 52.4 Å². The highest BCUT2D eigenvalue weighted by atomic mass is 28.5. The SMILES string of the molecule is C=C[Si](C)(C)O[Si](C)(C)O[Si](C)(C)O[Si](C)(C)C=C. The monoisotopic (exact) mass is 334 g/mol. The summed E-state index contributed by atoms with van der Waals surface area (Å²) < 4.78 is 18.8. The smallest absolute Gasteiger partial charge is 0.312 e. The normalized spacial score (nSPS) is 14.3. The van der Waals surface area contributed by atoms with Gasteiger partial charge in [-0.2, -0.15) is 0 Å². The molecule has 0 unspecified atom stereocenters. The van der Waals surface area contributed by atoms with E-state index in [2.05, 4.69) is 65.5 Å². The molecule has 0 aliphatic heterocycles. The van der Waals surface area contributed by atoms with Crippen LogP contribution in [0.3, 0.4) is 0 Å². The predicted molar refractivity (Wildman–Crippen MR) is 93.6 cm³/mol. The molecule has 0 aliphatic carbocycles. The van der Waals surface area contributed by atoms with E-state index in [-0.39, 0.29) is 0 Å². The maximum atomic E-state index is 6.31. The molecule has 0 amide bonds. The van der Waals surface area contributed by atoms with Gasteiger partial charge in [-0.25, -0.2) is 0 Å². The highest BCUT2D eigenvalue weighted by Gasteiger charge is 2.42. The minimum Gasteiger partial charge on any atom is -0.433 e. The average Bonchev–Trinajstić information content (AvgIpc) is 2.12. The van der Waals surface area contributed by atoms with Gasteiger partial charge in [0.05, 0.1) is 0 Å². The lowest BCUT2D eigenvalue weighted by molar-refractivity contribution is 0.333. The lowest BCUT2D eigenvalue weighted by atomic mass is 11.3. The van der Waals surface area contributed by atoms with E-state index in [1.54, 1.807) is 0 Å². The van der Waals surface area contributed by atoms with E-state index in [0.717, 1.165) is 0 Å². The van der Waals surface area contributed by atoms with Gasteiger partial charge in [-0.3, -0.25) is 0 Å². The molecule has 0 radical (unpaired) electrons. The van der Waals surface area contributed by atoms with Crippen molar-refractivity contribution in [2.24, 2.45) is 0 Å². The van der Waals surface area contributed by atoms with Crippen molar-refractivity contribution in [2.45, 2.75) is 52.4 Å². The van der Waals surface area contributed by atoms with Gasteiger partial charge in [0.15, 0.2) is 16.6 Å². The average molecular weight is 335 g/mol. The maximum Gasteiger partial charge on any atom is 0.312 e. The fourth-order valence-corrected chi connectivity index (χ4v) is 18.6. The highest BCUT2D eigenvalue weighted by Crippen LogP contribution is 2.24. The maximum absolute atomic E-state index is 6.31. The summed E-state index contributed by atoms with van der Waals surface area (Å²) in [6.45, 7) is 24.6. The number of rotatable bonds is 8. The summed E-state index contributed by atoms with van der Waals surface area (Å²) in [6, 6.07) is 0. The van der Waals surface area contributed by atoms with Crippen molar-refractivity contribution in [3.63, 3.8) is 0 Å². The van der Waals surface area contributed by atoms with E-state index in [1.165, 1.54) is 0 Å². The molecule has 0 fully saturated rings. The van der Waals surface area contributed by atoms with E-state index in [4.69, 9.17) is 12.3 Å². The summed E-state index contributed by atoms with van der Waals surface area (Å²) in [4.78, 5) is 0. The second-order valence-corrected chi connectivity index (χ2v) is 22.0. The summed E-state index contributed by atoms with van der Waals surface area (Å²) in [5, 5.41) is 0. The summed E-state index contributed by atoms with van der Waals surface area (Å²) >= 11 is 0. The first kappa shape index (κ1) is 19.2. The van der Waals surface area contributed by atoms with Crippen LogP contribution in [-0.2, 0) is 12.3 Å². The third-order valence-corrected chi connectivity index (χ3v) is 16.5. The standard InChI is InChI=1S/C12H30O3Si4/c1-11-16(3,4)13-18(7,8)15-19(9,10)14-17(5,6)12-2/h11-12H,1-2H2,3-10H3. The molecule has 0 bridgehead atoms. The molecular formula is C12H30O3Si4. The van der Waals surface area contributed by atoms with Crippen LogP contribution in [0.1, 0.15) is 0 Å². The molecule has 0 aliphatic rings. The van der Waals surface area contributed by atoms with Gasteiger partial charge >= 0.3 is 17.1 Å². The second-order valence-electron chi connectivity index (χ2n) is 6.72. The Morgan fingerprint density at radius 1 is 0.579 bits per heavy atom. The third kappa shape index (κ3) is 8.18. The Hall–Kier alpha value is 0.228. The molecule has 0 N–H and O–H groups in total. The molecule has 0 atom stereocenters. The highest BCUT2D eigenvalue weighted by molar-refractivity contribution is 6.91. The van der Waals surface area contributed by atoms with Crippen LogP contribution in [0.5, 0.6) is 0 Å². The van der Waals surface area contributed by atoms with E-state index in [1.807, 2.05) is 11.4 Å². The molecule has 0 aromatic carbocycles. The zero-order valence-electron chi connectivity index (χ0n) is 13.8. The van der Waals surface area contributed by atoms with Crippen molar-refractivity contribution in [3.05, 3.63) is 24.6 Å². The fraction of sp³-hybridized carbons (Fsp3) is 0.667. The molecule has 0 saturated carbocycles. The van der Waals surface area contributed by atoms with Gasteiger partial charge in [-0.1, -0.05) is 11.4 Å². The van der Waals surface area contributed by atoms with Crippen molar-refractivity contribution < 1.29 is 12.3 Å². The Labute approximate surface area is 123 Å². The van der Waals surface area contributed by atoms with Gasteiger partial charge in [0, 0.05) is 0 Å². The molecular weight excluding hydrogens is 304 g/mol. The van der Waals surface area contributed by atoms with Gasteiger partial charge in [0.1, 0.15) is 0 Å². The minimum atomic E-state index is -2.19. The lowest BCUT2D eigenvalue weighted by Crippen LogP contribution is -2.55. The molecule has 0 aromatic rings. The van der Waals surface area contributed by atoms with Crippen LogP contribution in [0.15, 0.2) is 24.6 Å². The molecule has 0 rings (SSSR count). The fourth-order valence-electron chi connectivity index (χ4n) is 1.98. The Morgan fingerprint density at radius 3 is 1.05 bits per heavy atom. The Morgan fingerprint density at radius 2 is 0.842 bits per heavy atom. The largest absolute Gasteiger partial charge is 0.433 e. The first-order valence-corrected chi connectivity index (χ1v) is 18.2. The third-order valence-electron chi connectivity index (χ3n) is 2.49. The summed E-state index contributed by atoms with van der Waals surface area (Å²) in [7, 11) is -8.03. The second kappa shape index (κ2) is 6.33. The van der Waals surface area contributed by atoms with Crippen LogP contribution < -0.4 is 0 Å². The Kier molecular flexibility index (Phi) is 6.41. The Balaban J connectivity index is 4.81. The van der Waals surface area contributed by atoms with Crippen LogP contribution in [0.25, 0.3) is 0 Å². The number of hydrogen-bond donors (Lipinski definition) is 0. The molecule has 19 heavy (non-hydrogen) atoms. The van der Waals surface area contributed by atoms with Crippen LogP contribution >= 0.6 is 0 Å². The van der Waals surface area contributed by atoms with Crippen molar-refractivity contribution in [3.8, 4) is 0 Å². The van der Waals surface area contributed by atoms with E-state index in [0.29, 0.717) is 0 Å². The topological polar surface area (TPSA) is 27.7 Å². The van der Waals surface area contributed by atoms with Gasteiger partial charge in [0.25, 0.3) is 0 Å². The van der Waals surface area contributed by atoms with Crippen molar-refractivity contribution in [1.29, 1.82) is 0 Å². The van der Waals surface area contributed by atoms with Crippen LogP contribution in [0.2, 0.25) is 52.4 Å². The summed E-state index contributed by atoms with van der Waals surface area (Å²) in [6.07, 6.45) is 0. The first-order chi connectivity index (χ1) is 8.24. The van der Waals surface area contributed by atoms with E-state index < -0.39 is 33.8 Å². The van der Waals surface area contributed by atoms with Crippen molar-refractivity contribution in [2.75, 3.05) is 0 Å². The van der Waals surface area contributed by atoms with Gasteiger partial charge < -0.3 is 12.3 Å². The molecule has 3 nitrogen and oxygen atoms in total. The predicted octanol–water partition coefficient (Wildman–Crippen LogP) is 4.30.